The van der Waals surface area contributed by atoms with Gasteiger partial charge in [-0.3, -0.25) is 4.79 Å². The number of aliphatic hydroxyl groups excluding tert-OH is 1. The summed E-state index contributed by atoms with van der Waals surface area (Å²) in [7, 11) is 0. The molecule has 170 valence electrons. The van der Waals surface area contributed by atoms with Crippen molar-refractivity contribution in [3.8, 4) is 0 Å². The van der Waals surface area contributed by atoms with Crippen LogP contribution in [0.3, 0.4) is 0 Å². The van der Waals surface area contributed by atoms with Crippen molar-refractivity contribution in [2.75, 3.05) is 6.54 Å². The van der Waals surface area contributed by atoms with Gasteiger partial charge >= 0.3 is 0 Å². The van der Waals surface area contributed by atoms with Crippen LogP contribution >= 0.6 is 0 Å². The van der Waals surface area contributed by atoms with Gasteiger partial charge in [-0.1, -0.05) is 27.7 Å². The summed E-state index contributed by atoms with van der Waals surface area (Å²) in [6.07, 6.45) is 11.4. The van der Waals surface area contributed by atoms with Crippen LogP contribution < -0.4 is 5.32 Å². The van der Waals surface area contributed by atoms with Crippen LogP contribution in [0.25, 0.3) is 0 Å². The largest absolute Gasteiger partial charge is 0.393 e. The Hall–Kier alpha value is -0.410. The van der Waals surface area contributed by atoms with Crippen LogP contribution in [-0.4, -0.2) is 29.6 Å². The van der Waals surface area contributed by atoms with E-state index in [0.29, 0.717) is 29.1 Å². The minimum Gasteiger partial charge on any atom is -0.393 e. The number of carbonyl (C=O) groups is 1. The molecule has 4 saturated carbocycles. The topological polar surface area (TPSA) is 49.3 Å². The van der Waals surface area contributed by atoms with Crippen molar-refractivity contribution < 1.29 is 9.90 Å². The van der Waals surface area contributed by atoms with Gasteiger partial charge < -0.3 is 10.4 Å². The lowest BCUT2D eigenvalue weighted by atomic mass is 9.45. The molecule has 11 atom stereocenters. The summed E-state index contributed by atoms with van der Waals surface area (Å²) in [6, 6.07) is 0.695. The molecule has 1 aliphatic heterocycles. The molecule has 3 nitrogen and oxygen atoms in total. The Morgan fingerprint density at radius 2 is 1.87 bits per heavy atom. The van der Waals surface area contributed by atoms with Crippen LogP contribution in [0.5, 0.6) is 0 Å². The van der Waals surface area contributed by atoms with E-state index in [2.05, 4.69) is 33.0 Å². The van der Waals surface area contributed by atoms with Crippen molar-refractivity contribution in [3.05, 3.63) is 0 Å². The first kappa shape index (κ1) is 21.4. The quantitative estimate of drug-likeness (QED) is 0.651. The van der Waals surface area contributed by atoms with E-state index >= 15 is 0 Å². The first-order valence-corrected chi connectivity index (χ1v) is 13.2. The van der Waals surface area contributed by atoms with Gasteiger partial charge in [0.05, 0.1) is 6.10 Å². The number of aliphatic hydroxyl groups is 1. The monoisotopic (exact) mass is 415 g/mol. The summed E-state index contributed by atoms with van der Waals surface area (Å²) < 4.78 is 0. The molecule has 5 rings (SSSR count). The molecule has 1 heterocycles. The number of hydrogen-bond acceptors (Lipinski definition) is 3. The van der Waals surface area contributed by atoms with Gasteiger partial charge in [0.2, 0.25) is 0 Å². The van der Waals surface area contributed by atoms with E-state index in [4.69, 9.17) is 0 Å². The molecule has 0 radical (unpaired) electrons. The molecule has 0 bridgehead atoms. The maximum absolute atomic E-state index is 13.3. The number of piperidine rings is 1. The van der Waals surface area contributed by atoms with Crippen LogP contribution in [0.1, 0.15) is 91.9 Å². The smallest absolute Gasteiger partial charge is 0.136 e. The number of ketones is 1. The van der Waals surface area contributed by atoms with Crippen LogP contribution in [0.15, 0.2) is 0 Å². The van der Waals surface area contributed by atoms with Crippen molar-refractivity contribution >= 4 is 5.78 Å². The first-order chi connectivity index (χ1) is 14.2. The van der Waals surface area contributed by atoms with E-state index in [1.807, 2.05) is 0 Å². The third-order valence-corrected chi connectivity index (χ3v) is 11.3. The minimum absolute atomic E-state index is 0.122. The van der Waals surface area contributed by atoms with Crippen molar-refractivity contribution in [2.24, 2.45) is 52.3 Å². The number of hydrogen-bond donors (Lipinski definition) is 2. The Morgan fingerprint density at radius 1 is 1.07 bits per heavy atom. The second kappa shape index (κ2) is 7.58. The summed E-state index contributed by atoms with van der Waals surface area (Å²) in [6.45, 7) is 11.1. The van der Waals surface area contributed by atoms with Crippen LogP contribution in [0, 0.1) is 52.3 Å². The number of Topliss-reactive ketones (excluding diaryl/α,β-unsaturated/α-hetero) is 1. The highest BCUT2D eigenvalue weighted by Gasteiger charge is 2.61. The molecule has 5 aliphatic rings. The molecule has 4 aliphatic carbocycles. The Bertz CT molecular complexity index is 670. The fraction of sp³-hybridized carbons (Fsp3) is 0.963. The lowest BCUT2D eigenvalue weighted by Crippen LogP contribution is -2.56. The Kier molecular flexibility index (Phi) is 5.41. The third-order valence-electron chi connectivity index (χ3n) is 11.3. The van der Waals surface area contributed by atoms with Gasteiger partial charge in [0.1, 0.15) is 5.78 Å². The molecule has 1 saturated heterocycles. The van der Waals surface area contributed by atoms with E-state index in [9.17, 15) is 9.90 Å². The summed E-state index contributed by atoms with van der Waals surface area (Å²) in [5, 5.41) is 14.1. The predicted molar refractivity (Wildman–Crippen MR) is 121 cm³/mol. The average Bonchev–Trinajstić information content (AvgIpc) is 3.07. The van der Waals surface area contributed by atoms with Crippen molar-refractivity contribution in [3.63, 3.8) is 0 Å². The molecule has 0 aromatic rings. The molecule has 0 aromatic carbocycles. The predicted octanol–water partition coefficient (Wildman–Crippen LogP) is 5.21. The summed E-state index contributed by atoms with van der Waals surface area (Å²) in [5.74, 6) is 5.05. The van der Waals surface area contributed by atoms with E-state index in [1.165, 1.54) is 45.1 Å². The van der Waals surface area contributed by atoms with Crippen molar-refractivity contribution in [1.82, 2.24) is 5.32 Å². The fourth-order valence-electron chi connectivity index (χ4n) is 9.33. The van der Waals surface area contributed by atoms with E-state index in [0.717, 1.165) is 49.4 Å². The van der Waals surface area contributed by atoms with E-state index in [-0.39, 0.29) is 17.4 Å². The summed E-state index contributed by atoms with van der Waals surface area (Å²) >= 11 is 0. The molecule has 5 fully saturated rings. The fourth-order valence-corrected chi connectivity index (χ4v) is 9.33. The molecule has 30 heavy (non-hydrogen) atoms. The second-order valence-electron chi connectivity index (χ2n) is 13.0. The highest BCUT2D eigenvalue weighted by molar-refractivity contribution is 5.83. The van der Waals surface area contributed by atoms with Crippen molar-refractivity contribution in [1.29, 1.82) is 0 Å². The lowest BCUT2D eigenvalue weighted by Gasteiger charge is -2.59. The van der Waals surface area contributed by atoms with Crippen LogP contribution in [0.2, 0.25) is 0 Å². The van der Waals surface area contributed by atoms with Crippen LogP contribution in [-0.2, 0) is 4.79 Å². The number of rotatable bonds is 2. The molecular formula is C27H45NO2. The zero-order valence-electron chi connectivity index (χ0n) is 19.8. The van der Waals surface area contributed by atoms with Gasteiger partial charge in [-0.05, 0) is 111 Å². The molecule has 3 heteroatoms. The normalized spacial score (nSPS) is 54.8. The summed E-state index contributed by atoms with van der Waals surface area (Å²) in [5.41, 5.74) is 0.588. The first-order valence-electron chi connectivity index (χ1n) is 13.2. The highest BCUT2D eigenvalue weighted by atomic mass is 16.3. The highest BCUT2D eigenvalue weighted by Crippen LogP contribution is 2.67. The number of fused-ring (bicyclic) bond motifs is 5. The van der Waals surface area contributed by atoms with E-state index in [1.54, 1.807) is 0 Å². The Balaban J connectivity index is 1.35. The molecule has 0 spiro atoms. The molecule has 0 aromatic heterocycles. The molecule has 2 N–H and O–H groups in total. The van der Waals surface area contributed by atoms with Gasteiger partial charge in [-0.15, -0.1) is 0 Å². The molecular weight excluding hydrogens is 370 g/mol. The minimum atomic E-state index is -0.250. The molecule has 11 unspecified atom stereocenters. The summed E-state index contributed by atoms with van der Waals surface area (Å²) in [4.78, 5) is 13.3. The molecule has 0 amide bonds. The average molecular weight is 416 g/mol. The van der Waals surface area contributed by atoms with Gasteiger partial charge in [0.25, 0.3) is 0 Å². The van der Waals surface area contributed by atoms with Gasteiger partial charge in [-0.2, -0.15) is 0 Å². The zero-order chi connectivity index (χ0) is 21.3. The SMILES string of the molecule is CC1CCC(C(C)C2CC3C4CC(=O)C5CC(O)CCC5(C)C4CCC3(C)C2)NC1. The maximum Gasteiger partial charge on any atom is 0.136 e. The van der Waals surface area contributed by atoms with Gasteiger partial charge in [0.15, 0.2) is 0 Å². The lowest BCUT2D eigenvalue weighted by molar-refractivity contribution is -0.157. The number of nitrogens with one attached hydrogen (secondary N) is 1. The zero-order valence-corrected chi connectivity index (χ0v) is 19.8. The van der Waals surface area contributed by atoms with Gasteiger partial charge in [0, 0.05) is 18.4 Å². The number of carbonyl (C=O) groups excluding carboxylic acids is 1. The standard InChI is InChI=1S/C27H45NO2/c1-16-5-6-24(28-15-16)17(2)18-11-22-20-13-25(30)23-12-19(29)7-10-27(23,4)21(20)8-9-26(22,3)14-18/h16-24,28-29H,5-15H2,1-4H3. The maximum atomic E-state index is 13.3. The Labute approximate surface area is 184 Å². The third kappa shape index (κ3) is 3.33. The van der Waals surface area contributed by atoms with Crippen molar-refractivity contribution in [2.45, 2.75) is 104 Å². The van der Waals surface area contributed by atoms with Crippen LogP contribution in [0.4, 0.5) is 0 Å². The van der Waals surface area contributed by atoms with E-state index < -0.39 is 0 Å². The Morgan fingerprint density at radius 3 is 2.60 bits per heavy atom. The second-order valence-corrected chi connectivity index (χ2v) is 13.0. The van der Waals surface area contributed by atoms with Gasteiger partial charge in [-0.25, -0.2) is 0 Å².